The van der Waals surface area contributed by atoms with Crippen molar-refractivity contribution >= 4 is 17.4 Å². The number of amides is 1. The Hall–Kier alpha value is -3.19. The molecule has 0 bridgehead atoms. The van der Waals surface area contributed by atoms with Gasteiger partial charge in [-0.1, -0.05) is 6.07 Å². The molecule has 2 aromatic heterocycles. The number of pyridine rings is 1. The summed E-state index contributed by atoms with van der Waals surface area (Å²) in [6.07, 6.45) is 6.60. The normalized spacial score (nSPS) is 18.0. The van der Waals surface area contributed by atoms with Crippen molar-refractivity contribution < 1.29 is 4.79 Å². The molecule has 0 spiro atoms. The van der Waals surface area contributed by atoms with Crippen molar-refractivity contribution in [2.75, 3.05) is 23.8 Å². The van der Waals surface area contributed by atoms with Crippen LogP contribution in [0.4, 0.5) is 11.5 Å². The van der Waals surface area contributed by atoms with Crippen molar-refractivity contribution in [1.82, 2.24) is 20.1 Å². The molecule has 1 aromatic carbocycles. The molecule has 162 valence electrons. The highest BCUT2D eigenvalue weighted by atomic mass is 16.2. The summed E-state index contributed by atoms with van der Waals surface area (Å²) >= 11 is 0. The summed E-state index contributed by atoms with van der Waals surface area (Å²) in [5.74, 6) is 0.915. The summed E-state index contributed by atoms with van der Waals surface area (Å²) in [5, 5.41) is 11.2. The molecule has 3 heterocycles. The van der Waals surface area contributed by atoms with Gasteiger partial charge < -0.3 is 15.5 Å². The van der Waals surface area contributed by atoms with Gasteiger partial charge in [-0.15, -0.1) is 0 Å². The van der Waals surface area contributed by atoms with E-state index in [1.54, 1.807) is 6.92 Å². The standard InChI is InChI=1S/C24H30N6O/c1-16-7-8-26-24(11-16)28-22-12-17(2)30(18(3)31)23-6-5-19(13-21(22)23)20-14-27-29(15-20)10-9-25-4/h5-8,11,13-15,17,22,25H,9-10,12H2,1-4H3,(H,26,28)/t17-,22+/m0/s1. The molecule has 7 nitrogen and oxygen atoms in total. The van der Waals surface area contributed by atoms with Gasteiger partial charge in [0.05, 0.1) is 18.8 Å². The molecule has 0 fully saturated rings. The van der Waals surface area contributed by atoms with E-state index in [0.29, 0.717) is 0 Å². The largest absolute Gasteiger partial charge is 0.363 e. The number of hydrogen-bond donors (Lipinski definition) is 2. The number of fused-ring (bicyclic) bond motifs is 1. The van der Waals surface area contributed by atoms with Gasteiger partial charge in [-0.2, -0.15) is 5.10 Å². The van der Waals surface area contributed by atoms with Gasteiger partial charge in [0.2, 0.25) is 5.91 Å². The van der Waals surface area contributed by atoms with Gasteiger partial charge in [-0.05, 0) is 68.3 Å². The minimum atomic E-state index is 0.0634. The van der Waals surface area contributed by atoms with Crippen molar-refractivity contribution in [2.24, 2.45) is 0 Å². The van der Waals surface area contributed by atoms with E-state index in [2.05, 4.69) is 65.0 Å². The van der Waals surface area contributed by atoms with Crippen LogP contribution in [0.15, 0.2) is 48.9 Å². The monoisotopic (exact) mass is 418 g/mol. The molecule has 31 heavy (non-hydrogen) atoms. The van der Waals surface area contributed by atoms with Gasteiger partial charge in [0.25, 0.3) is 0 Å². The number of aromatic nitrogens is 3. The highest BCUT2D eigenvalue weighted by Crippen LogP contribution is 2.41. The Morgan fingerprint density at radius 1 is 1.23 bits per heavy atom. The molecule has 2 atom stereocenters. The quantitative estimate of drug-likeness (QED) is 0.637. The summed E-state index contributed by atoms with van der Waals surface area (Å²) in [7, 11) is 1.94. The van der Waals surface area contributed by atoms with Crippen LogP contribution in [0, 0.1) is 6.92 Å². The molecule has 1 aliphatic rings. The number of nitrogens with one attached hydrogen (secondary N) is 2. The van der Waals surface area contributed by atoms with Crippen molar-refractivity contribution in [2.45, 2.75) is 45.8 Å². The zero-order valence-corrected chi connectivity index (χ0v) is 18.6. The Balaban J connectivity index is 1.71. The molecule has 3 aromatic rings. The lowest BCUT2D eigenvalue weighted by Gasteiger charge is -2.39. The number of carbonyl (C=O) groups excluding carboxylic acids is 1. The van der Waals surface area contributed by atoms with Gasteiger partial charge in [0.1, 0.15) is 5.82 Å². The molecule has 0 saturated heterocycles. The molecule has 0 unspecified atom stereocenters. The molecule has 1 amide bonds. The van der Waals surface area contributed by atoms with Gasteiger partial charge in [-0.25, -0.2) is 4.98 Å². The van der Waals surface area contributed by atoms with E-state index < -0.39 is 0 Å². The van der Waals surface area contributed by atoms with Crippen LogP contribution in [-0.4, -0.2) is 40.3 Å². The predicted octanol–water partition coefficient (Wildman–Crippen LogP) is 3.77. The second-order valence-corrected chi connectivity index (χ2v) is 8.26. The van der Waals surface area contributed by atoms with Gasteiger partial charge in [0.15, 0.2) is 0 Å². The van der Waals surface area contributed by atoms with Gasteiger partial charge >= 0.3 is 0 Å². The summed E-state index contributed by atoms with van der Waals surface area (Å²) in [6, 6.07) is 10.5. The van der Waals surface area contributed by atoms with Crippen LogP contribution >= 0.6 is 0 Å². The van der Waals surface area contributed by atoms with Crippen LogP contribution in [0.1, 0.15) is 37.4 Å². The lowest BCUT2D eigenvalue weighted by atomic mass is 9.89. The van der Waals surface area contributed by atoms with Crippen molar-refractivity contribution in [1.29, 1.82) is 0 Å². The topological polar surface area (TPSA) is 75.1 Å². The van der Waals surface area contributed by atoms with Crippen LogP contribution in [0.5, 0.6) is 0 Å². The average molecular weight is 419 g/mol. The molecule has 0 aliphatic carbocycles. The first-order valence-corrected chi connectivity index (χ1v) is 10.8. The minimum Gasteiger partial charge on any atom is -0.363 e. The SMILES string of the molecule is CNCCn1cc(-c2ccc3c(c2)[C@H](Nc2cc(C)ccn2)C[C@H](C)N3C(C)=O)cn1. The van der Waals surface area contributed by atoms with E-state index in [4.69, 9.17) is 0 Å². The fourth-order valence-electron chi connectivity index (χ4n) is 4.32. The zero-order chi connectivity index (χ0) is 22.0. The van der Waals surface area contributed by atoms with Crippen molar-refractivity contribution in [3.63, 3.8) is 0 Å². The van der Waals surface area contributed by atoms with E-state index in [1.807, 2.05) is 35.1 Å². The maximum Gasteiger partial charge on any atom is 0.224 e. The first kappa shape index (κ1) is 21.1. The zero-order valence-electron chi connectivity index (χ0n) is 18.6. The number of rotatable bonds is 6. The minimum absolute atomic E-state index is 0.0634. The maximum absolute atomic E-state index is 12.4. The molecular formula is C24H30N6O. The van der Waals surface area contributed by atoms with Crippen LogP contribution in [-0.2, 0) is 11.3 Å². The van der Waals surface area contributed by atoms with Gasteiger partial charge in [0, 0.05) is 43.2 Å². The fourth-order valence-corrected chi connectivity index (χ4v) is 4.32. The maximum atomic E-state index is 12.4. The third-order valence-corrected chi connectivity index (χ3v) is 5.81. The van der Waals surface area contributed by atoms with Crippen LogP contribution in [0.25, 0.3) is 11.1 Å². The predicted molar refractivity (Wildman–Crippen MR) is 124 cm³/mol. The Labute approximate surface area is 183 Å². The van der Waals surface area contributed by atoms with E-state index >= 15 is 0 Å². The van der Waals surface area contributed by atoms with Crippen molar-refractivity contribution in [3.05, 3.63) is 60.0 Å². The molecule has 0 radical (unpaired) electrons. The Kier molecular flexibility index (Phi) is 6.04. The Bertz CT molecular complexity index is 1080. The fraction of sp³-hybridized carbons (Fsp3) is 0.375. The highest BCUT2D eigenvalue weighted by Gasteiger charge is 2.32. The summed E-state index contributed by atoms with van der Waals surface area (Å²) in [5.41, 5.74) is 5.39. The lowest BCUT2D eigenvalue weighted by molar-refractivity contribution is -0.117. The molecule has 4 rings (SSSR count). The molecule has 7 heteroatoms. The second-order valence-electron chi connectivity index (χ2n) is 8.26. The lowest BCUT2D eigenvalue weighted by Crippen LogP contribution is -2.43. The van der Waals surface area contributed by atoms with Crippen LogP contribution in [0.2, 0.25) is 0 Å². The molecule has 2 N–H and O–H groups in total. The highest BCUT2D eigenvalue weighted by molar-refractivity contribution is 5.94. The molecule has 1 aliphatic heterocycles. The number of likely N-dealkylation sites (N-methyl/N-ethyl adjacent to an activating group) is 1. The first-order chi connectivity index (χ1) is 15.0. The summed E-state index contributed by atoms with van der Waals surface area (Å²) in [4.78, 5) is 18.8. The third kappa shape index (κ3) is 4.46. The van der Waals surface area contributed by atoms with E-state index in [0.717, 1.165) is 53.3 Å². The number of anilines is 2. The van der Waals surface area contributed by atoms with Crippen LogP contribution in [0.3, 0.4) is 0 Å². The number of benzene rings is 1. The number of nitrogens with zero attached hydrogens (tertiary/aromatic N) is 4. The van der Waals surface area contributed by atoms with E-state index in [1.165, 1.54) is 0 Å². The first-order valence-electron chi connectivity index (χ1n) is 10.8. The van der Waals surface area contributed by atoms with Crippen molar-refractivity contribution in [3.8, 4) is 11.1 Å². The number of carbonyl (C=O) groups is 1. The smallest absolute Gasteiger partial charge is 0.224 e. The molecular weight excluding hydrogens is 388 g/mol. The second kappa shape index (κ2) is 8.89. The number of aryl methyl sites for hydroxylation is 1. The summed E-state index contributed by atoms with van der Waals surface area (Å²) < 4.78 is 1.95. The van der Waals surface area contributed by atoms with Crippen LogP contribution < -0.4 is 15.5 Å². The van der Waals surface area contributed by atoms with E-state index in [-0.39, 0.29) is 18.0 Å². The van der Waals surface area contributed by atoms with Gasteiger partial charge in [-0.3, -0.25) is 9.48 Å². The van der Waals surface area contributed by atoms with E-state index in [9.17, 15) is 4.79 Å². The molecule has 0 saturated carbocycles. The Morgan fingerprint density at radius 3 is 2.81 bits per heavy atom. The summed E-state index contributed by atoms with van der Waals surface area (Å²) in [6.45, 7) is 7.48. The number of hydrogen-bond acceptors (Lipinski definition) is 5. The third-order valence-electron chi connectivity index (χ3n) is 5.81. The average Bonchev–Trinajstić information content (AvgIpc) is 3.21. The Morgan fingerprint density at radius 2 is 2.06 bits per heavy atom.